The molecule has 0 spiro atoms. The molecule has 0 aliphatic carbocycles. The minimum absolute atomic E-state index is 0.0182. The molecule has 1 aliphatic rings. The van der Waals surface area contributed by atoms with Crippen molar-refractivity contribution in [1.82, 2.24) is 9.21 Å². The van der Waals surface area contributed by atoms with Crippen LogP contribution in [0.1, 0.15) is 22.3 Å². The predicted molar refractivity (Wildman–Crippen MR) is 108 cm³/mol. The third-order valence-corrected chi connectivity index (χ3v) is 7.27. The SMILES string of the molecule is Cc1ccc(C)c(CN2CCN(S(=O)(=O)c3cc([N+](=O)[O-])ccc3C)CC2)c1. The zero-order chi connectivity index (χ0) is 20.5. The van der Waals surface area contributed by atoms with Crippen LogP contribution in [0.4, 0.5) is 5.69 Å². The molecule has 28 heavy (non-hydrogen) atoms. The van der Waals surface area contributed by atoms with Crippen molar-refractivity contribution < 1.29 is 13.3 Å². The van der Waals surface area contributed by atoms with Crippen molar-refractivity contribution in [3.63, 3.8) is 0 Å². The van der Waals surface area contributed by atoms with Gasteiger partial charge in [-0.05, 0) is 37.5 Å². The summed E-state index contributed by atoms with van der Waals surface area (Å²) in [5.41, 5.74) is 4.00. The number of sulfonamides is 1. The Balaban J connectivity index is 1.73. The number of aryl methyl sites for hydroxylation is 3. The third-order valence-electron chi connectivity index (χ3n) is 5.23. The van der Waals surface area contributed by atoms with E-state index >= 15 is 0 Å². The molecule has 1 heterocycles. The Bertz CT molecular complexity index is 997. The fraction of sp³-hybridized carbons (Fsp3) is 0.400. The van der Waals surface area contributed by atoms with Gasteiger partial charge in [0.25, 0.3) is 5.69 Å². The summed E-state index contributed by atoms with van der Waals surface area (Å²) in [6.07, 6.45) is 0. The van der Waals surface area contributed by atoms with E-state index in [1.165, 1.54) is 33.1 Å². The van der Waals surface area contributed by atoms with E-state index < -0.39 is 14.9 Å². The maximum Gasteiger partial charge on any atom is 0.270 e. The first kappa shape index (κ1) is 20.4. The lowest BCUT2D eigenvalue weighted by Crippen LogP contribution is -2.48. The van der Waals surface area contributed by atoms with E-state index in [1.807, 2.05) is 0 Å². The van der Waals surface area contributed by atoms with Crippen LogP contribution in [0.2, 0.25) is 0 Å². The van der Waals surface area contributed by atoms with Gasteiger partial charge in [-0.3, -0.25) is 15.0 Å². The molecular weight excluding hydrogens is 378 g/mol. The molecule has 0 atom stereocenters. The van der Waals surface area contributed by atoms with Gasteiger partial charge in [0.15, 0.2) is 0 Å². The van der Waals surface area contributed by atoms with Crippen molar-refractivity contribution in [2.45, 2.75) is 32.2 Å². The summed E-state index contributed by atoms with van der Waals surface area (Å²) in [6.45, 7) is 8.59. The first-order valence-electron chi connectivity index (χ1n) is 9.22. The monoisotopic (exact) mass is 403 g/mol. The van der Waals surface area contributed by atoms with E-state index in [2.05, 4.69) is 36.9 Å². The molecule has 8 heteroatoms. The van der Waals surface area contributed by atoms with Crippen LogP contribution in [0.5, 0.6) is 0 Å². The highest BCUT2D eigenvalue weighted by Crippen LogP contribution is 2.26. The summed E-state index contributed by atoms with van der Waals surface area (Å²) in [5.74, 6) is 0. The summed E-state index contributed by atoms with van der Waals surface area (Å²) >= 11 is 0. The Morgan fingerprint density at radius 3 is 2.25 bits per heavy atom. The van der Waals surface area contributed by atoms with Crippen LogP contribution in [0.15, 0.2) is 41.3 Å². The quantitative estimate of drug-likeness (QED) is 0.566. The lowest BCUT2D eigenvalue weighted by atomic mass is 10.1. The Hall–Kier alpha value is -2.29. The molecule has 1 aliphatic heterocycles. The summed E-state index contributed by atoms with van der Waals surface area (Å²) in [6, 6.07) is 10.3. The maximum atomic E-state index is 13.0. The molecule has 150 valence electrons. The number of benzene rings is 2. The van der Waals surface area contributed by atoms with Crippen LogP contribution in [-0.2, 0) is 16.6 Å². The molecule has 0 bridgehead atoms. The Morgan fingerprint density at radius 1 is 0.964 bits per heavy atom. The van der Waals surface area contributed by atoms with Crippen LogP contribution in [0.25, 0.3) is 0 Å². The van der Waals surface area contributed by atoms with Crippen LogP contribution in [0, 0.1) is 30.9 Å². The van der Waals surface area contributed by atoms with Gasteiger partial charge in [-0.2, -0.15) is 4.31 Å². The molecule has 0 aromatic heterocycles. The molecule has 0 N–H and O–H groups in total. The first-order valence-corrected chi connectivity index (χ1v) is 10.7. The molecule has 1 saturated heterocycles. The summed E-state index contributed by atoms with van der Waals surface area (Å²) in [5, 5.41) is 11.0. The number of rotatable bonds is 5. The molecule has 0 amide bonds. The second kappa shape index (κ2) is 7.98. The van der Waals surface area contributed by atoms with E-state index in [4.69, 9.17) is 0 Å². The zero-order valence-electron chi connectivity index (χ0n) is 16.4. The topological polar surface area (TPSA) is 83.8 Å². The Kier molecular flexibility index (Phi) is 5.83. The van der Waals surface area contributed by atoms with Crippen LogP contribution >= 0.6 is 0 Å². The lowest BCUT2D eigenvalue weighted by molar-refractivity contribution is -0.385. The smallest absolute Gasteiger partial charge is 0.270 e. The van der Waals surface area contributed by atoms with Gasteiger partial charge in [-0.25, -0.2) is 8.42 Å². The molecular formula is C20H25N3O4S. The Morgan fingerprint density at radius 2 is 1.61 bits per heavy atom. The first-order chi connectivity index (χ1) is 13.2. The lowest BCUT2D eigenvalue weighted by Gasteiger charge is -2.34. The molecule has 3 rings (SSSR count). The number of nitro benzene ring substituents is 1. The van der Waals surface area contributed by atoms with Gasteiger partial charge in [-0.15, -0.1) is 0 Å². The molecule has 0 radical (unpaired) electrons. The maximum absolute atomic E-state index is 13.0. The molecule has 1 fully saturated rings. The van der Waals surface area contributed by atoms with Crippen molar-refractivity contribution in [3.05, 3.63) is 68.8 Å². The number of non-ortho nitro benzene ring substituents is 1. The van der Waals surface area contributed by atoms with Crippen molar-refractivity contribution in [2.24, 2.45) is 0 Å². The Labute approximate surface area is 165 Å². The van der Waals surface area contributed by atoms with Gasteiger partial charge in [0.05, 0.1) is 9.82 Å². The van der Waals surface area contributed by atoms with Gasteiger partial charge in [0, 0.05) is 44.9 Å². The number of nitro groups is 1. The van der Waals surface area contributed by atoms with Crippen molar-refractivity contribution >= 4 is 15.7 Å². The van der Waals surface area contributed by atoms with E-state index in [-0.39, 0.29) is 10.6 Å². The highest BCUT2D eigenvalue weighted by atomic mass is 32.2. The predicted octanol–water partition coefficient (Wildman–Crippen LogP) is 3.03. The van der Waals surface area contributed by atoms with Gasteiger partial charge >= 0.3 is 0 Å². The van der Waals surface area contributed by atoms with E-state index in [9.17, 15) is 18.5 Å². The van der Waals surface area contributed by atoms with Gasteiger partial charge in [-0.1, -0.05) is 29.8 Å². The van der Waals surface area contributed by atoms with E-state index in [0.29, 0.717) is 31.7 Å². The molecule has 2 aromatic rings. The third kappa shape index (κ3) is 4.24. The number of hydrogen-bond donors (Lipinski definition) is 0. The van der Waals surface area contributed by atoms with Crippen LogP contribution < -0.4 is 0 Å². The van der Waals surface area contributed by atoms with Crippen molar-refractivity contribution in [2.75, 3.05) is 26.2 Å². The molecule has 2 aromatic carbocycles. The summed E-state index contributed by atoms with van der Waals surface area (Å²) in [4.78, 5) is 12.7. The number of nitrogens with zero attached hydrogens (tertiary/aromatic N) is 3. The number of piperazine rings is 1. The minimum atomic E-state index is -3.76. The highest BCUT2D eigenvalue weighted by Gasteiger charge is 2.30. The van der Waals surface area contributed by atoms with Crippen LogP contribution in [-0.4, -0.2) is 48.7 Å². The minimum Gasteiger partial charge on any atom is -0.296 e. The van der Waals surface area contributed by atoms with Crippen LogP contribution in [0.3, 0.4) is 0 Å². The van der Waals surface area contributed by atoms with Gasteiger partial charge in [0.2, 0.25) is 10.0 Å². The van der Waals surface area contributed by atoms with Gasteiger partial charge in [0.1, 0.15) is 0 Å². The van der Waals surface area contributed by atoms with E-state index in [1.54, 1.807) is 6.92 Å². The average Bonchev–Trinajstić information content (AvgIpc) is 2.65. The average molecular weight is 404 g/mol. The second-order valence-electron chi connectivity index (χ2n) is 7.32. The van der Waals surface area contributed by atoms with E-state index in [0.717, 1.165) is 12.6 Å². The zero-order valence-corrected chi connectivity index (χ0v) is 17.2. The summed E-state index contributed by atoms with van der Waals surface area (Å²) < 4.78 is 27.5. The van der Waals surface area contributed by atoms with Crippen molar-refractivity contribution in [3.8, 4) is 0 Å². The van der Waals surface area contributed by atoms with Gasteiger partial charge < -0.3 is 0 Å². The highest BCUT2D eigenvalue weighted by molar-refractivity contribution is 7.89. The normalized spacial score (nSPS) is 16.2. The molecule has 0 saturated carbocycles. The van der Waals surface area contributed by atoms with Crippen molar-refractivity contribution in [1.29, 1.82) is 0 Å². The fourth-order valence-corrected chi connectivity index (χ4v) is 5.13. The summed E-state index contributed by atoms with van der Waals surface area (Å²) in [7, 11) is -3.76. The standard InChI is InChI=1S/C20H25N3O4S/c1-15-4-5-16(2)18(12-15)14-21-8-10-22(11-9-21)28(26,27)20-13-19(23(24)25)7-6-17(20)3/h4-7,12-13H,8-11,14H2,1-3H3. The number of hydrogen-bond acceptors (Lipinski definition) is 5. The second-order valence-corrected chi connectivity index (χ2v) is 9.22. The molecule has 7 nitrogen and oxygen atoms in total. The largest absolute Gasteiger partial charge is 0.296 e. The fourth-order valence-electron chi connectivity index (χ4n) is 3.46. The molecule has 0 unspecified atom stereocenters.